The number of nitrogens with one attached hydrogen (secondary N) is 1. The Bertz CT molecular complexity index is 607. The van der Waals surface area contributed by atoms with Crippen molar-refractivity contribution >= 4 is 37.5 Å². The van der Waals surface area contributed by atoms with Gasteiger partial charge in [-0.3, -0.25) is 0 Å². The van der Waals surface area contributed by atoms with Gasteiger partial charge in [-0.05, 0) is 80.1 Å². The minimum Gasteiger partial charge on any atom is -0.508 e. The average Bonchev–Trinajstić information content (AvgIpc) is 2.76. The van der Waals surface area contributed by atoms with E-state index in [-0.39, 0.29) is 0 Å². The molecule has 4 heteroatoms. The molecule has 1 aliphatic rings. The predicted octanol–water partition coefficient (Wildman–Crippen LogP) is 5.02. The third kappa shape index (κ3) is 2.51. The van der Waals surface area contributed by atoms with Crippen molar-refractivity contribution in [2.75, 3.05) is 5.32 Å². The summed E-state index contributed by atoms with van der Waals surface area (Å²) in [5, 5.41) is 13.1. The molecule has 2 aromatic carbocycles. The maximum Gasteiger partial charge on any atom is 0.115 e. The molecule has 19 heavy (non-hydrogen) atoms. The first-order valence-corrected chi connectivity index (χ1v) is 7.76. The van der Waals surface area contributed by atoms with Crippen molar-refractivity contribution in [1.82, 2.24) is 0 Å². The fourth-order valence-corrected chi connectivity index (χ4v) is 3.79. The predicted molar refractivity (Wildman–Crippen MR) is 84.6 cm³/mol. The summed E-state index contributed by atoms with van der Waals surface area (Å²) in [6, 6.07) is 12.0. The first-order valence-electron chi connectivity index (χ1n) is 6.17. The zero-order valence-electron chi connectivity index (χ0n) is 10.2. The van der Waals surface area contributed by atoms with Gasteiger partial charge in [0.05, 0.1) is 11.7 Å². The highest BCUT2D eigenvalue weighted by molar-refractivity contribution is 9.11. The summed E-state index contributed by atoms with van der Waals surface area (Å²) < 4.78 is 2.10. The molecule has 0 saturated heterocycles. The maximum absolute atomic E-state index is 9.53. The van der Waals surface area contributed by atoms with Crippen molar-refractivity contribution in [3.05, 3.63) is 56.5 Å². The third-order valence-corrected chi connectivity index (χ3v) is 4.81. The van der Waals surface area contributed by atoms with Gasteiger partial charge in [0.1, 0.15) is 5.75 Å². The number of hydrogen-bond donors (Lipinski definition) is 2. The Morgan fingerprint density at radius 2 is 1.84 bits per heavy atom. The summed E-state index contributed by atoms with van der Waals surface area (Å²) >= 11 is 7.15. The van der Waals surface area contributed by atoms with Crippen LogP contribution in [0.1, 0.15) is 23.6 Å². The van der Waals surface area contributed by atoms with Crippen LogP contribution in [0.2, 0.25) is 0 Å². The topological polar surface area (TPSA) is 32.3 Å². The van der Waals surface area contributed by atoms with Gasteiger partial charge >= 0.3 is 0 Å². The quantitative estimate of drug-likeness (QED) is 0.764. The number of phenolic OH excluding ortho intramolecular Hbond substituents is 1. The molecule has 1 aliphatic carbocycles. The van der Waals surface area contributed by atoms with Gasteiger partial charge < -0.3 is 10.4 Å². The lowest BCUT2D eigenvalue weighted by Crippen LogP contribution is -2.08. The molecular formula is C15H13Br2NO. The largest absolute Gasteiger partial charge is 0.508 e. The Morgan fingerprint density at radius 3 is 2.58 bits per heavy atom. The third-order valence-electron chi connectivity index (χ3n) is 3.49. The second-order valence-electron chi connectivity index (χ2n) is 4.72. The molecule has 0 amide bonds. The van der Waals surface area contributed by atoms with Crippen LogP contribution in [0.4, 0.5) is 5.69 Å². The Balaban J connectivity index is 1.91. The van der Waals surface area contributed by atoms with Gasteiger partial charge in [-0.1, -0.05) is 12.1 Å². The molecule has 2 aromatic rings. The minimum absolute atomic E-state index is 0.297. The molecule has 0 aliphatic heterocycles. The zero-order valence-corrected chi connectivity index (χ0v) is 13.3. The van der Waals surface area contributed by atoms with Gasteiger partial charge in [0.2, 0.25) is 0 Å². The van der Waals surface area contributed by atoms with Gasteiger partial charge in [0, 0.05) is 8.95 Å². The first-order chi connectivity index (χ1) is 9.15. The molecule has 0 aromatic heterocycles. The molecule has 98 valence electrons. The number of halogens is 2. The van der Waals surface area contributed by atoms with E-state index in [1.807, 2.05) is 30.3 Å². The minimum atomic E-state index is 0.297. The van der Waals surface area contributed by atoms with Gasteiger partial charge in [-0.25, -0.2) is 0 Å². The van der Waals surface area contributed by atoms with Crippen molar-refractivity contribution in [1.29, 1.82) is 0 Å². The first kappa shape index (κ1) is 13.0. The van der Waals surface area contributed by atoms with E-state index in [4.69, 9.17) is 0 Å². The highest BCUT2D eigenvalue weighted by Crippen LogP contribution is 2.39. The lowest BCUT2D eigenvalue weighted by Gasteiger charge is -2.18. The normalized spacial score (nSPS) is 17.3. The van der Waals surface area contributed by atoms with Crippen molar-refractivity contribution in [2.45, 2.75) is 18.9 Å². The second-order valence-corrected chi connectivity index (χ2v) is 6.42. The van der Waals surface area contributed by atoms with E-state index < -0.39 is 0 Å². The van der Waals surface area contributed by atoms with E-state index in [1.165, 1.54) is 11.1 Å². The van der Waals surface area contributed by atoms with Crippen LogP contribution in [0.25, 0.3) is 0 Å². The van der Waals surface area contributed by atoms with Crippen LogP contribution in [0.15, 0.2) is 45.3 Å². The van der Waals surface area contributed by atoms with Crippen LogP contribution < -0.4 is 5.32 Å². The molecule has 0 saturated carbocycles. The molecule has 2 nitrogen and oxygen atoms in total. The molecule has 0 fully saturated rings. The Kier molecular flexibility index (Phi) is 3.54. The maximum atomic E-state index is 9.53. The summed E-state index contributed by atoms with van der Waals surface area (Å²) in [5.41, 5.74) is 3.59. The summed E-state index contributed by atoms with van der Waals surface area (Å²) in [5.74, 6) is 0.349. The van der Waals surface area contributed by atoms with Gasteiger partial charge in [-0.15, -0.1) is 0 Å². The highest BCUT2D eigenvalue weighted by Gasteiger charge is 2.23. The molecule has 2 N–H and O–H groups in total. The smallest absolute Gasteiger partial charge is 0.115 e. The number of anilines is 1. The van der Waals surface area contributed by atoms with Crippen LogP contribution in [-0.4, -0.2) is 5.11 Å². The Morgan fingerprint density at radius 1 is 1.11 bits per heavy atom. The fourth-order valence-electron chi connectivity index (χ4n) is 2.56. The second kappa shape index (κ2) is 5.17. The molecule has 0 radical (unpaired) electrons. The summed E-state index contributed by atoms with van der Waals surface area (Å²) in [4.78, 5) is 0. The molecule has 1 atom stereocenters. The standard InChI is InChI=1S/C15H13Br2NO/c16-12-2-1-3-13(17)15(12)18-14-7-4-9-8-10(19)5-6-11(9)14/h1-3,5-6,8,14,18-19H,4,7H2. The SMILES string of the molecule is Oc1ccc2c(c1)CCC2Nc1c(Br)cccc1Br. The van der Waals surface area contributed by atoms with Crippen molar-refractivity contribution < 1.29 is 5.11 Å². The zero-order chi connectivity index (χ0) is 13.4. The molecule has 3 rings (SSSR count). The van der Waals surface area contributed by atoms with Crippen LogP contribution in [0.5, 0.6) is 5.75 Å². The van der Waals surface area contributed by atoms with E-state index in [0.29, 0.717) is 11.8 Å². The van der Waals surface area contributed by atoms with Crippen LogP contribution >= 0.6 is 31.9 Å². The van der Waals surface area contributed by atoms with Crippen molar-refractivity contribution in [3.8, 4) is 5.75 Å². The number of aryl methyl sites for hydroxylation is 1. The fraction of sp³-hybridized carbons (Fsp3) is 0.200. The molecule has 0 spiro atoms. The molecular weight excluding hydrogens is 370 g/mol. The number of para-hydroxylation sites is 1. The van der Waals surface area contributed by atoms with E-state index in [2.05, 4.69) is 37.2 Å². The Hall–Kier alpha value is -1.000. The average molecular weight is 383 g/mol. The number of aromatic hydroxyl groups is 1. The van der Waals surface area contributed by atoms with Crippen molar-refractivity contribution in [3.63, 3.8) is 0 Å². The van der Waals surface area contributed by atoms with Gasteiger partial charge in [0.15, 0.2) is 0 Å². The van der Waals surface area contributed by atoms with Gasteiger partial charge in [-0.2, -0.15) is 0 Å². The molecule has 0 bridgehead atoms. The van der Waals surface area contributed by atoms with Crippen LogP contribution in [0.3, 0.4) is 0 Å². The number of phenols is 1. The number of rotatable bonds is 2. The van der Waals surface area contributed by atoms with Crippen molar-refractivity contribution in [2.24, 2.45) is 0 Å². The molecule has 1 unspecified atom stereocenters. The van der Waals surface area contributed by atoms with E-state index in [1.54, 1.807) is 6.07 Å². The van der Waals surface area contributed by atoms with E-state index >= 15 is 0 Å². The monoisotopic (exact) mass is 381 g/mol. The lowest BCUT2D eigenvalue weighted by atomic mass is 10.1. The van der Waals surface area contributed by atoms with E-state index in [9.17, 15) is 5.11 Å². The Labute approximate surface area is 129 Å². The number of fused-ring (bicyclic) bond motifs is 1. The summed E-state index contributed by atoms with van der Waals surface area (Å²) in [7, 11) is 0. The lowest BCUT2D eigenvalue weighted by molar-refractivity contribution is 0.474. The highest BCUT2D eigenvalue weighted by atomic mass is 79.9. The molecule has 0 heterocycles. The van der Waals surface area contributed by atoms with E-state index in [0.717, 1.165) is 27.5 Å². The summed E-state index contributed by atoms with van der Waals surface area (Å²) in [6.07, 6.45) is 2.05. The summed E-state index contributed by atoms with van der Waals surface area (Å²) in [6.45, 7) is 0. The van der Waals surface area contributed by atoms with Crippen LogP contribution in [0, 0.1) is 0 Å². The number of benzene rings is 2. The van der Waals surface area contributed by atoms with Gasteiger partial charge in [0.25, 0.3) is 0 Å². The number of hydrogen-bond acceptors (Lipinski definition) is 2. The van der Waals surface area contributed by atoms with Crippen LogP contribution in [-0.2, 0) is 6.42 Å².